The summed E-state index contributed by atoms with van der Waals surface area (Å²) < 4.78 is 0. The van der Waals surface area contributed by atoms with Gasteiger partial charge in [-0.2, -0.15) is 156 Å². The molecule has 8 nitrogen and oxygen atoms in total. The molecule has 17 heteroatoms. The molecule has 4 aromatic carbocycles. The molecule has 4 aliphatic carbocycles. The van der Waals surface area contributed by atoms with E-state index in [1.165, 1.54) is 96.3 Å². The fourth-order valence-corrected chi connectivity index (χ4v) is 14.3. The van der Waals surface area contributed by atoms with Gasteiger partial charge in [0.25, 0.3) is 0 Å². The van der Waals surface area contributed by atoms with Crippen molar-refractivity contribution in [3.8, 4) is 0 Å². The largest absolute Gasteiger partial charge is 0.328 e. The first kappa shape index (κ1) is 58.6. The van der Waals surface area contributed by atoms with E-state index in [4.69, 9.17) is 92.8 Å². The van der Waals surface area contributed by atoms with E-state index >= 15 is 0 Å². The summed E-state index contributed by atoms with van der Waals surface area (Å²) in [5, 5.41) is 38.7. The fourth-order valence-electron chi connectivity index (χ4n) is 13.3. The Kier molecular flexibility index (Phi) is 23.0. The third kappa shape index (κ3) is 15.9. The van der Waals surface area contributed by atoms with Gasteiger partial charge in [-0.1, -0.05) is 85.1 Å². The van der Waals surface area contributed by atoms with Gasteiger partial charge in [0.15, 0.2) is 0 Å². The van der Waals surface area contributed by atoms with E-state index in [0.717, 1.165) is 35.5 Å². The normalized spacial score (nSPS) is 35.6. The first-order valence-electron chi connectivity index (χ1n) is 26.2. The van der Waals surface area contributed by atoms with Crippen molar-refractivity contribution < 1.29 is 19.5 Å². The van der Waals surface area contributed by atoms with E-state index in [1.54, 1.807) is 72.8 Å². The van der Waals surface area contributed by atoms with Gasteiger partial charge in [0.05, 0.1) is 49.3 Å². The predicted octanol–water partition coefficient (Wildman–Crippen LogP) is 13.6. The number of rotatable bonds is 0. The van der Waals surface area contributed by atoms with E-state index in [2.05, 4.69) is 73.2 Å². The van der Waals surface area contributed by atoms with Crippen LogP contribution in [0.5, 0.6) is 0 Å². The van der Waals surface area contributed by atoms with Crippen molar-refractivity contribution in [1.29, 1.82) is 0 Å². The van der Waals surface area contributed by atoms with Crippen LogP contribution in [0.15, 0.2) is 72.8 Å². The summed E-state index contributed by atoms with van der Waals surface area (Å²) in [6, 6.07) is 31.1. The average Bonchev–Trinajstić information content (AvgIpc) is 4.14. The van der Waals surface area contributed by atoms with Crippen molar-refractivity contribution >= 4 is 92.8 Å². The Morgan fingerprint density at radius 3 is 0.740 bits per heavy atom. The molecule has 9 aliphatic rings. The van der Waals surface area contributed by atoms with Crippen LogP contribution in [0, 0.1) is 78.0 Å². The van der Waals surface area contributed by atoms with E-state index in [9.17, 15) is 0 Å². The molecule has 9 fully saturated rings. The van der Waals surface area contributed by atoms with Gasteiger partial charge < -0.3 is 6.42 Å². The van der Waals surface area contributed by atoms with Crippen LogP contribution in [-0.2, 0) is 19.5 Å². The molecule has 8 bridgehead atoms. The molecule has 73 heavy (non-hydrogen) atoms. The standard InChI is InChI=1S/C32H55N8.4C6H3Cl2.Zn/c1-2-10-18-17(9-1)25-33-26(18)38-28-21-13-5-6-14-22(21)30(35-28)40-32-24-16-8-7-15-23(24)31(36-32)39-29-20-12-4-3-11-19(20)27(34-29)37-25;4*7-5-1-2-6(8)4-3-5;/h1,17-40H,2-16H2;4*1-3H;/q5*-1;. The molecule has 5 aliphatic heterocycles. The van der Waals surface area contributed by atoms with E-state index in [1.807, 2.05) is 0 Å². The van der Waals surface area contributed by atoms with Gasteiger partial charge in [0, 0.05) is 19.5 Å². The third-order valence-electron chi connectivity index (χ3n) is 16.6. The number of benzene rings is 4. The van der Waals surface area contributed by atoms with Crippen LogP contribution in [0.3, 0.4) is 0 Å². The average molecular weight is 1200 g/mol. The Morgan fingerprint density at radius 1 is 0.315 bits per heavy atom. The molecule has 394 valence electrons. The van der Waals surface area contributed by atoms with Gasteiger partial charge in [-0.3, -0.25) is 42.5 Å². The second-order valence-electron chi connectivity index (χ2n) is 20.8. The molecule has 0 amide bonds. The molecular formula is C56H67Cl8N8Zn-5. The summed E-state index contributed by atoms with van der Waals surface area (Å²) in [5.41, 5.74) is 0. The van der Waals surface area contributed by atoms with Crippen molar-refractivity contribution in [2.45, 2.75) is 146 Å². The Labute approximate surface area is 487 Å². The van der Waals surface area contributed by atoms with Gasteiger partial charge in [-0.15, -0.1) is 46.4 Å². The first-order valence-corrected chi connectivity index (χ1v) is 29.2. The summed E-state index contributed by atoms with van der Waals surface area (Å²) in [4.78, 5) is 0. The maximum Gasteiger partial charge on any atom is 0.0628 e. The molecule has 0 aromatic heterocycles. The molecule has 4 saturated carbocycles. The van der Waals surface area contributed by atoms with Crippen LogP contribution in [0.25, 0.3) is 0 Å². The number of hydrogen-bond acceptors (Lipinski definition) is 8. The summed E-state index contributed by atoms with van der Waals surface area (Å²) in [6.45, 7) is 0. The second-order valence-corrected chi connectivity index (χ2v) is 24.2. The quantitative estimate of drug-likeness (QED) is 0.0652. The van der Waals surface area contributed by atoms with Crippen molar-refractivity contribution in [1.82, 2.24) is 42.5 Å². The van der Waals surface area contributed by atoms with E-state index in [0.29, 0.717) is 101 Å². The predicted molar refractivity (Wildman–Crippen MR) is 298 cm³/mol. The molecule has 0 radical (unpaired) electrons. The van der Waals surface area contributed by atoms with E-state index < -0.39 is 0 Å². The van der Waals surface area contributed by atoms with Crippen LogP contribution >= 0.6 is 92.8 Å². The Bertz CT molecular complexity index is 1800. The monoisotopic (exact) mass is 1200 g/mol. The zero-order valence-electron chi connectivity index (χ0n) is 41.1. The molecule has 5 heterocycles. The maximum absolute atomic E-state index is 5.52. The molecule has 13 rings (SSSR count). The van der Waals surface area contributed by atoms with Crippen LogP contribution < -0.4 is 42.5 Å². The topological polar surface area (TPSA) is 96.2 Å². The Hall–Kier alpha value is -0.497. The molecule has 5 saturated heterocycles. The first-order chi connectivity index (χ1) is 34.9. The number of halogens is 8. The minimum Gasteiger partial charge on any atom is -0.328 e. The molecular weight excluding hydrogens is 1130 g/mol. The van der Waals surface area contributed by atoms with Crippen molar-refractivity contribution in [2.75, 3.05) is 0 Å². The smallest absolute Gasteiger partial charge is 0.0628 e. The van der Waals surface area contributed by atoms with Gasteiger partial charge in [0.2, 0.25) is 0 Å². The van der Waals surface area contributed by atoms with Gasteiger partial charge >= 0.3 is 0 Å². The molecule has 8 N–H and O–H groups in total. The summed E-state index contributed by atoms with van der Waals surface area (Å²) in [5.74, 6) is 5.84. The van der Waals surface area contributed by atoms with Crippen LogP contribution in [0.1, 0.15) is 96.3 Å². The van der Waals surface area contributed by atoms with Crippen LogP contribution in [0.4, 0.5) is 0 Å². The number of fused-ring (bicyclic) bond motifs is 20. The molecule has 16 unspecified atom stereocenters. The van der Waals surface area contributed by atoms with Crippen molar-refractivity contribution in [3.05, 3.63) is 144 Å². The van der Waals surface area contributed by atoms with E-state index in [-0.39, 0.29) is 19.5 Å². The Balaban J connectivity index is 0.000000173. The van der Waals surface area contributed by atoms with Crippen molar-refractivity contribution in [3.63, 3.8) is 0 Å². The third-order valence-corrected chi connectivity index (χ3v) is 18.4. The summed E-state index contributed by atoms with van der Waals surface area (Å²) in [7, 11) is 0. The van der Waals surface area contributed by atoms with Crippen LogP contribution in [0.2, 0.25) is 40.2 Å². The van der Waals surface area contributed by atoms with Gasteiger partial charge in [0.1, 0.15) is 0 Å². The van der Waals surface area contributed by atoms with Crippen molar-refractivity contribution in [2.24, 2.45) is 47.3 Å². The van der Waals surface area contributed by atoms with Crippen LogP contribution in [-0.4, -0.2) is 49.3 Å². The maximum atomic E-state index is 5.52. The number of nitrogens with one attached hydrogen (secondary N) is 8. The minimum atomic E-state index is 0. The van der Waals surface area contributed by atoms with Gasteiger partial charge in [-0.05, 0) is 85.9 Å². The zero-order valence-corrected chi connectivity index (χ0v) is 50.1. The molecule has 4 aromatic rings. The summed E-state index contributed by atoms with van der Waals surface area (Å²) >= 11 is 44.1. The summed E-state index contributed by atoms with van der Waals surface area (Å²) in [6.07, 6.45) is 26.3. The zero-order chi connectivity index (χ0) is 50.1. The SMILES string of the molecule is Clc1[c-]cc(Cl)cc1.Clc1[c-]cc(Cl)cc1.Clc1[c-]cc(Cl)cc1.Clc1[c-]cc(Cl)cc1.[CH-]1CCC2C3NC(NC4NC(NC5NC(NC6NC(N3)C3CCCCC63)C3CCCCC53)C3CCCCC43)C2C1.[Zn]. The number of hydrogen-bond donors (Lipinski definition) is 8. The molecule has 0 spiro atoms. The molecule has 16 atom stereocenters. The minimum absolute atomic E-state index is 0. The fraction of sp³-hybridized carbons (Fsp3) is 0.554. The second kappa shape index (κ2) is 28.6. The van der Waals surface area contributed by atoms with Gasteiger partial charge in [-0.25, -0.2) is 0 Å². The Morgan fingerprint density at radius 2 is 0.534 bits per heavy atom.